The molecule has 0 fully saturated rings. The number of halogens is 2. The molecule has 2 heterocycles. The van der Waals surface area contributed by atoms with E-state index < -0.39 is 0 Å². The third kappa shape index (κ3) is 1.15. The molecule has 0 aliphatic heterocycles. The van der Waals surface area contributed by atoms with Crippen LogP contribution < -0.4 is 4.98 Å². The molecule has 0 radical (unpaired) electrons. The van der Waals surface area contributed by atoms with Gasteiger partial charge in [0.2, 0.25) is 5.28 Å². The molecular weight excluding hydrogens is 187 g/mol. The van der Waals surface area contributed by atoms with E-state index in [0.717, 1.165) is 5.52 Å². The highest BCUT2D eigenvalue weighted by Gasteiger charge is 2.09. The van der Waals surface area contributed by atoms with E-state index in [1.807, 2.05) is 0 Å². The quantitative estimate of drug-likeness (QED) is 0.499. The molecule has 0 aliphatic rings. The number of imidazole rings is 1. The van der Waals surface area contributed by atoms with Crippen LogP contribution in [0.3, 0.4) is 0 Å². The predicted molar refractivity (Wildman–Crippen MR) is 40.5 cm³/mol. The second-order valence-corrected chi connectivity index (χ2v) is 2.67. The van der Waals surface area contributed by atoms with Crippen molar-refractivity contribution < 1.29 is 4.98 Å². The first-order chi connectivity index (χ1) is 5.25. The van der Waals surface area contributed by atoms with Gasteiger partial charge in [0, 0.05) is 11.6 Å². The van der Waals surface area contributed by atoms with Gasteiger partial charge in [-0.15, -0.1) is 0 Å². The molecule has 0 bridgehead atoms. The topological polar surface area (TPSA) is 55.7 Å². The van der Waals surface area contributed by atoms with Gasteiger partial charge in [0.05, 0.1) is 0 Å². The normalized spacial score (nSPS) is 10.7. The summed E-state index contributed by atoms with van der Waals surface area (Å²) in [5.74, 6) is 0. The van der Waals surface area contributed by atoms with Gasteiger partial charge in [-0.1, -0.05) is 0 Å². The zero-order chi connectivity index (χ0) is 7.84. The lowest BCUT2D eigenvalue weighted by atomic mass is 10.6. The van der Waals surface area contributed by atoms with E-state index in [9.17, 15) is 0 Å². The first-order valence-corrected chi connectivity index (χ1v) is 3.61. The van der Waals surface area contributed by atoms with Crippen LogP contribution in [0.25, 0.3) is 11.2 Å². The maximum absolute atomic E-state index is 5.57. The number of H-pyrrole nitrogens is 2. The molecule has 56 valence electrons. The van der Waals surface area contributed by atoms with E-state index in [4.69, 9.17) is 23.2 Å². The Balaban J connectivity index is 2.82. The lowest BCUT2D eigenvalue weighted by molar-refractivity contribution is -0.377. The van der Waals surface area contributed by atoms with Crippen molar-refractivity contribution in [1.82, 2.24) is 15.0 Å². The molecule has 2 N–H and O–H groups in total. The molecular formula is C5H3Cl2N4+. The van der Waals surface area contributed by atoms with Gasteiger partial charge in [-0.2, -0.15) is 4.98 Å². The molecule has 2 aromatic rings. The fourth-order valence-corrected chi connectivity index (χ4v) is 1.11. The number of rotatable bonds is 0. The van der Waals surface area contributed by atoms with Gasteiger partial charge >= 0.3 is 5.28 Å². The average Bonchev–Trinajstić information content (AvgIpc) is 2.27. The van der Waals surface area contributed by atoms with Crippen molar-refractivity contribution in [3.8, 4) is 0 Å². The molecule has 0 saturated heterocycles. The summed E-state index contributed by atoms with van der Waals surface area (Å²) in [5.41, 5.74) is 1.25. The van der Waals surface area contributed by atoms with Crippen LogP contribution in [-0.4, -0.2) is 15.0 Å². The molecule has 0 aromatic carbocycles. The standard InChI is InChI=1S/C5H2Cl2N4/c6-4-8-1-2-3(10-4)11-5(7)9-2/h1H,(H,8,9,10,11)/p+1. The minimum Gasteiger partial charge on any atom is -0.322 e. The van der Waals surface area contributed by atoms with E-state index in [0.29, 0.717) is 16.2 Å². The monoisotopic (exact) mass is 189 g/mol. The maximum Gasteiger partial charge on any atom is 0.396 e. The molecule has 2 rings (SSSR count). The van der Waals surface area contributed by atoms with Gasteiger partial charge < -0.3 is 4.98 Å². The van der Waals surface area contributed by atoms with Gasteiger partial charge in [0.15, 0.2) is 5.52 Å². The number of hydrogen-bond acceptors (Lipinski definition) is 2. The largest absolute Gasteiger partial charge is 0.396 e. The minimum atomic E-state index is 0.292. The van der Waals surface area contributed by atoms with Gasteiger partial charge in [-0.25, -0.2) is 4.98 Å². The van der Waals surface area contributed by atoms with Gasteiger partial charge in [0.25, 0.3) is 5.65 Å². The van der Waals surface area contributed by atoms with Crippen molar-refractivity contribution >= 4 is 34.4 Å². The summed E-state index contributed by atoms with van der Waals surface area (Å²) in [6.07, 6.45) is 1.66. The van der Waals surface area contributed by atoms with Crippen molar-refractivity contribution in [2.24, 2.45) is 0 Å². The number of nitrogens with zero attached hydrogens (tertiary/aromatic N) is 2. The first-order valence-electron chi connectivity index (χ1n) is 2.85. The van der Waals surface area contributed by atoms with Crippen LogP contribution in [0.1, 0.15) is 0 Å². The summed E-state index contributed by atoms with van der Waals surface area (Å²) in [6.45, 7) is 0. The lowest BCUT2D eigenvalue weighted by Crippen LogP contribution is -2.04. The Morgan fingerprint density at radius 1 is 1.36 bits per heavy atom. The molecule has 0 unspecified atom stereocenters. The van der Waals surface area contributed by atoms with Crippen molar-refractivity contribution in [3.63, 3.8) is 0 Å². The van der Waals surface area contributed by atoms with Gasteiger partial charge in [-0.3, -0.25) is 0 Å². The zero-order valence-electron chi connectivity index (χ0n) is 5.23. The number of fused-ring (bicyclic) bond motifs is 1. The van der Waals surface area contributed by atoms with Crippen LogP contribution in [0.5, 0.6) is 0 Å². The highest BCUT2D eigenvalue weighted by molar-refractivity contribution is 6.29. The Kier molecular flexibility index (Phi) is 1.44. The third-order valence-electron chi connectivity index (χ3n) is 1.22. The summed E-state index contributed by atoms with van der Waals surface area (Å²) in [4.78, 5) is 13.2. The Hall–Kier alpha value is -0.870. The number of hydrogen-bond donors (Lipinski definition) is 1. The Morgan fingerprint density at radius 3 is 3.00 bits per heavy atom. The Morgan fingerprint density at radius 2 is 2.18 bits per heavy atom. The van der Waals surface area contributed by atoms with Crippen molar-refractivity contribution in [2.45, 2.75) is 0 Å². The van der Waals surface area contributed by atoms with Crippen LogP contribution in [-0.2, 0) is 0 Å². The average molecular weight is 190 g/mol. The number of nitrogens with one attached hydrogen (secondary N) is 2. The smallest absolute Gasteiger partial charge is 0.322 e. The van der Waals surface area contributed by atoms with E-state index in [2.05, 4.69) is 19.9 Å². The lowest BCUT2D eigenvalue weighted by Gasteiger charge is -1.76. The molecule has 0 atom stereocenters. The second kappa shape index (κ2) is 2.32. The highest BCUT2D eigenvalue weighted by atomic mass is 35.5. The van der Waals surface area contributed by atoms with Crippen LogP contribution in [0.15, 0.2) is 6.20 Å². The zero-order valence-corrected chi connectivity index (χ0v) is 6.74. The molecule has 11 heavy (non-hydrogen) atoms. The molecule has 0 amide bonds. The van der Waals surface area contributed by atoms with Crippen molar-refractivity contribution in [2.75, 3.05) is 0 Å². The summed E-state index contributed by atoms with van der Waals surface area (Å²) in [5, 5.41) is 0.601. The molecule has 2 aromatic heterocycles. The highest BCUT2D eigenvalue weighted by Crippen LogP contribution is 2.10. The third-order valence-corrected chi connectivity index (χ3v) is 1.60. The molecule has 0 saturated carbocycles. The van der Waals surface area contributed by atoms with E-state index in [-0.39, 0.29) is 0 Å². The fraction of sp³-hybridized carbons (Fsp3) is 0. The predicted octanol–water partition coefficient (Wildman–Crippen LogP) is 1.08. The molecule has 0 spiro atoms. The number of aromatic amines is 2. The Labute approximate surface area is 71.6 Å². The second-order valence-electron chi connectivity index (χ2n) is 1.96. The van der Waals surface area contributed by atoms with E-state index in [1.165, 1.54) is 0 Å². The maximum atomic E-state index is 5.57. The summed E-state index contributed by atoms with van der Waals surface area (Å²) in [6, 6.07) is 0. The van der Waals surface area contributed by atoms with Crippen LogP contribution in [0.4, 0.5) is 0 Å². The summed E-state index contributed by atoms with van der Waals surface area (Å²) >= 11 is 11.1. The molecule has 4 nitrogen and oxygen atoms in total. The number of aromatic nitrogens is 4. The molecule has 0 aliphatic carbocycles. The fourth-order valence-electron chi connectivity index (χ4n) is 0.791. The summed E-state index contributed by atoms with van der Waals surface area (Å²) in [7, 11) is 0. The van der Waals surface area contributed by atoms with Crippen LogP contribution in [0, 0.1) is 0 Å². The SMILES string of the molecule is Clc1nc2nc(Cl)[nH+]cc2[nH]1. The first kappa shape index (κ1) is 6.82. The summed E-state index contributed by atoms with van der Waals surface area (Å²) < 4.78 is 0. The van der Waals surface area contributed by atoms with E-state index >= 15 is 0 Å². The van der Waals surface area contributed by atoms with Crippen molar-refractivity contribution in [1.29, 1.82) is 0 Å². The van der Waals surface area contributed by atoms with Crippen molar-refractivity contribution in [3.05, 3.63) is 16.8 Å². The van der Waals surface area contributed by atoms with Gasteiger partial charge in [-0.05, 0) is 16.6 Å². The Bertz CT molecular complexity index is 396. The van der Waals surface area contributed by atoms with Crippen LogP contribution in [0.2, 0.25) is 10.6 Å². The minimum absolute atomic E-state index is 0.292. The molecule has 6 heteroatoms. The van der Waals surface area contributed by atoms with Crippen LogP contribution >= 0.6 is 23.2 Å². The van der Waals surface area contributed by atoms with E-state index in [1.54, 1.807) is 6.20 Å². The van der Waals surface area contributed by atoms with Gasteiger partial charge in [0.1, 0.15) is 6.20 Å².